The predicted octanol–water partition coefficient (Wildman–Crippen LogP) is 4.24. The van der Waals surface area contributed by atoms with Crippen LogP contribution in [0.2, 0.25) is 0 Å². The second-order valence-corrected chi connectivity index (χ2v) is 8.09. The van der Waals surface area contributed by atoms with E-state index in [1.807, 2.05) is 7.05 Å². The van der Waals surface area contributed by atoms with E-state index < -0.39 is 0 Å². The van der Waals surface area contributed by atoms with Crippen molar-refractivity contribution in [2.75, 3.05) is 18.6 Å². The summed E-state index contributed by atoms with van der Waals surface area (Å²) in [5, 5.41) is 5.90. The zero-order valence-corrected chi connectivity index (χ0v) is 13.8. The third kappa shape index (κ3) is 2.61. The van der Waals surface area contributed by atoms with Crippen LogP contribution in [-0.2, 0) is 0 Å². The molecular weight excluding hydrogens is 286 g/mol. The number of benzene rings is 1. The third-order valence-electron chi connectivity index (χ3n) is 3.94. The molecular formula is C16H21NOS2. The van der Waals surface area contributed by atoms with E-state index in [1.165, 1.54) is 22.5 Å². The van der Waals surface area contributed by atoms with E-state index in [0.29, 0.717) is 10.5 Å². The van der Waals surface area contributed by atoms with Gasteiger partial charge in [-0.3, -0.25) is 0 Å². The molecule has 0 saturated carbocycles. The van der Waals surface area contributed by atoms with Crippen LogP contribution >= 0.6 is 23.5 Å². The summed E-state index contributed by atoms with van der Waals surface area (Å²) in [6.07, 6.45) is 0. The molecule has 1 aliphatic heterocycles. The summed E-state index contributed by atoms with van der Waals surface area (Å²) in [5.74, 6) is 3.57. The van der Waals surface area contributed by atoms with Gasteiger partial charge in [-0.1, -0.05) is 25.1 Å². The molecule has 1 saturated heterocycles. The highest BCUT2D eigenvalue weighted by Crippen LogP contribution is 2.40. The van der Waals surface area contributed by atoms with E-state index >= 15 is 0 Å². The lowest BCUT2D eigenvalue weighted by Crippen LogP contribution is -2.35. The highest BCUT2D eigenvalue weighted by Gasteiger charge is 2.32. The van der Waals surface area contributed by atoms with E-state index in [-0.39, 0.29) is 6.04 Å². The molecule has 0 radical (unpaired) electrons. The summed E-state index contributed by atoms with van der Waals surface area (Å²) in [6.45, 7) is 4.44. The van der Waals surface area contributed by atoms with Crippen LogP contribution in [0, 0.1) is 6.92 Å². The molecule has 1 N–H and O–H groups in total. The zero-order chi connectivity index (χ0) is 14.1. The average Bonchev–Trinajstić information content (AvgIpc) is 2.87. The van der Waals surface area contributed by atoms with E-state index in [2.05, 4.69) is 67.0 Å². The van der Waals surface area contributed by atoms with Crippen molar-refractivity contribution in [2.45, 2.75) is 30.4 Å². The summed E-state index contributed by atoms with van der Waals surface area (Å²) in [5.41, 5.74) is 2.24. The van der Waals surface area contributed by atoms with Gasteiger partial charge in [0.25, 0.3) is 0 Å². The number of furan rings is 1. The van der Waals surface area contributed by atoms with Gasteiger partial charge < -0.3 is 9.73 Å². The van der Waals surface area contributed by atoms with Crippen molar-refractivity contribution >= 4 is 34.5 Å². The normalized spacial score (nSPS) is 24.9. The summed E-state index contributed by atoms with van der Waals surface area (Å²) in [4.78, 5) is 0. The van der Waals surface area contributed by atoms with Gasteiger partial charge in [0.15, 0.2) is 0 Å². The summed E-state index contributed by atoms with van der Waals surface area (Å²) < 4.78 is 6.17. The lowest BCUT2D eigenvalue weighted by molar-refractivity contribution is 0.439. The molecule has 0 aliphatic carbocycles. The van der Waals surface area contributed by atoms with Gasteiger partial charge in [-0.25, -0.2) is 0 Å². The Balaban J connectivity index is 1.96. The smallest absolute Gasteiger partial charge is 0.137 e. The van der Waals surface area contributed by atoms with Gasteiger partial charge in [-0.15, -0.1) is 0 Å². The topological polar surface area (TPSA) is 25.2 Å². The van der Waals surface area contributed by atoms with Crippen molar-refractivity contribution in [2.24, 2.45) is 0 Å². The highest BCUT2D eigenvalue weighted by atomic mass is 32.2. The fourth-order valence-corrected chi connectivity index (χ4v) is 5.83. The molecule has 0 bridgehead atoms. The highest BCUT2D eigenvalue weighted by molar-refractivity contribution is 8.07. The Hall–Kier alpha value is -0.580. The fraction of sp³-hybridized carbons (Fsp3) is 0.500. The second-order valence-electron chi connectivity index (χ2n) is 5.32. The Bertz CT molecular complexity index is 595. The monoisotopic (exact) mass is 307 g/mol. The number of hydrogen-bond donors (Lipinski definition) is 1. The van der Waals surface area contributed by atoms with E-state index in [4.69, 9.17) is 4.42 Å². The maximum Gasteiger partial charge on any atom is 0.137 e. The van der Waals surface area contributed by atoms with Gasteiger partial charge in [0.05, 0.1) is 6.04 Å². The maximum atomic E-state index is 6.17. The van der Waals surface area contributed by atoms with E-state index in [9.17, 15) is 0 Å². The largest absolute Gasteiger partial charge is 0.459 e. The van der Waals surface area contributed by atoms with Crippen LogP contribution in [0.3, 0.4) is 0 Å². The minimum absolute atomic E-state index is 0.287. The molecule has 1 aromatic heterocycles. The number of para-hydroxylation sites is 1. The van der Waals surface area contributed by atoms with Crippen LogP contribution in [0.5, 0.6) is 0 Å². The zero-order valence-electron chi connectivity index (χ0n) is 12.2. The molecule has 2 nitrogen and oxygen atoms in total. The molecule has 3 unspecified atom stereocenters. The van der Waals surface area contributed by atoms with Gasteiger partial charge in [-0.05, 0) is 25.6 Å². The van der Waals surface area contributed by atoms with Crippen LogP contribution in [0.15, 0.2) is 28.7 Å². The molecule has 1 aliphatic rings. The Kier molecular flexibility index (Phi) is 4.34. The van der Waals surface area contributed by atoms with Crippen molar-refractivity contribution in [3.8, 4) is 0 Å². The summed E-state index contributed by atoms with van der Waals surface area (Å²) >= 11 is 4.14. The molecule has 2 heterocycles. The van der Waals surface area contributed by atoms with Crippen molar-refractivity contribution in [3.63, 3.8) is 0 Å². The number of nitrogens with one attached hydrogen (secondary N) is 1. The maximum absolute atomic E-state index is 6.17. The Morgan fingerprint density at radius 3 is 2.80 bits per heavy atom. The number of hydrogen-bond acceptors (Lipinski definition) is 4. The molecule has 20 heavy (non-hydrogen) atoms. The van der Waals surface area contributed by atoms with Crippen LogP contribution in [0.4, 0.5) is 0 Å². The number of thioether (sulfide) groups is 2. The Labute approximate surface area is 129 Å². The minimum atomic E-state index is 0.287. The molecule has 108 valence electrons. The van der Waals surface area contributed by atoms with Crippen molar-refractivity contribution in [1.82, 2.24) is 5.32 Å². The first-order chi connectivity index (χ1) is 9.70. The Morgan fingerprint density at radius 1 is 1.30 bits per heavy atom. The summed E-state index contributed by atoms with van der Waals surface area (Å²) in [6, 6.07) is 8.83. The lowest BCUT2D eigenvalue weighted by atomic mass is 10.1. The fourth-order valence-electron chi connectivity index (χ4n) is 2.87. The molecule has 3 rings (SSSR count). The molecule has 2 aromatic rings. The second kappa shape index (κ2) is 6.04. The van der Waals surface area contributed by atoms with Crippen LogP contribution in [0.25, 0.3) is 11.0 Å². The van der Waals surface area contributed by atoms with Gasteiger partial charge in [0.2, 0.25) is 0 Å². The van der Waals surface area contributed by atoms with Gasteiger partial charge in [-0.2, -0.15) is 23.5 Å². The first kappa shape index (κ1) is 14.4. The lowest BCUT2D eigenvalue weighted by Gasteiger charge is -2.33. The van der Waals surface area contributed by atoms with Crippen molar-refractivity contribution < 1.29 is 4.42 Å². The van der Waals surface area contributed by atoms with Crippen LogP contribution < -0.4 is 5.32 Å². The van der Waals surface area contributed by atoms with Crippen LogP contribution in [-0.4, -0.2) is 29.1 Å². The SMILES string of the molecule is CNC(c1cc2cccc(C)c2o1)C1SCCSC1C. The summed E-state index contributed by atoms with van der Waals surface area (Å²) in [7, 11) is 2.04. The molecule has 0 spiro atoms. The van der Waals surface area contributed by atoms with Crippen molar-refractivity contribution in [3.05, 3.63) is 35.6 Å². The quantitative estimate of drug-likeness (QED) is 0.917. The third-order valence-corrected chi connectivity index (χ3v) is 7.14. The molecule has 1 aromatic carbocycles. The predicted molar refractivity (Wildman–Crippen MR) is 90.9 cm³/mol. The number of aryl methyl sites for hydroxylation is 1. The number of rotatable bonds is 3. The standard InChI is InChI=1S/C16H21NOS2/c1-10-5-4-6-12-9-13(18-15(10)12)14(17-3)16-11(2)19-7-8-20-16/h4-6,9,11,14,16-17H,7-8H2,1-3H3. The van der Waals surface area contributed by atoms with Gasteiger partial charge in [0.1, 0.15) is 11.3 Å². The molecule has 4 heteroatoms. The average molecular weight is 307 g/mol. The van der Waals surface area contributed by atoms with Gasteiger partial charge >= 0.3 is 0 Å². The molecule has 3 atom stereocenters. The molecule has 1 fully saturated rings. The van der Waals surface area contributed by atoms with Crippen molar-refractivity contribution in [1.29, 1.82) is 0 Å². The molecule has 0 amide bonds. The van der Waals surface area contributed by atoms with Gasteiger partial charge in [0, 0.05) is 27.4 Å². The first-order valence-electron chi connectivity index (χ1n) is 7.10. The number of fused-ring (bicyclic) bond motifs is 1. The first-order valence-corrected chi connectivity index (χ1v) is 9.20. The van der Waals surface area contributed by atoms with E-state index in [0.717, 1.165) is 11.3 Å². The van der Waals surface area contributed by atoms with E-state index in [1.54, 1.807) is 0 Å². The minimum Gasteiger partial charge on any atom is -0.459 e. The Morgan fingerprint density at radius 2 is 2.10 bits per heavy atom. The van der Waals surface area contributed by atoms with Crippen LogP contribution in [0.1, 0.15) is 24.3 Å².